The van der Waals surface area contributed by atoms with Crippen molar-refractivity contribution in [3.63, 3.8) is 0 Å². The molecule has 1 N–H and O–H groups in total. The van der Waals surface area contributed by atoms with E-state index in [-0.39, 0.29) is 0 Å². The lowest BCUT2D eigenvalue weighted by molar-refractivity contribution is 0.194. The van der Waals surface area contributed by atoms with Gasteiger partial charge < -0.3 is 5.11 Å². The number of aliphatic hydroxyl groups excluding tert-OH is 1. The summed E-state index contributed by atoms with van der Waals surface area (Å²) < 4.78 is 1.61. The minimum atomic E-state index is -0.611. The number of nitrogens with zero attached hydrogens (tertiary/aromatic N) is 2. The van der Waals surface area contributed by atoms with E-state index in [0.29, 0.717) is 16.5 Å². The number of rotatable bonds is 4. The Labute approximate surface area is 109 Å². The van der Waals surface area contributed by atoms with E-state index in [1.165, 1.54) is 0 Å². The highest BCUT2D eigenvalue weighted by Crippen LogP contribution is 2.28. The minimum Gasteiger partial charge on any atom is -0.386 e. The molecule has 1 heterocycles. The number of benzene rings is 1. The zero-order chi connectivity index (χ0) is 12.3. The topological polar surface area (TPSA) is 38.0 Å². The Balaban J connectivity index is 2.01. The Morgan fingerprint density at radius 3 is 2.71 bits per heavy atom. The molecule has 0 fully saturated rings. The SMILES string of the molecule is Cn1ncc(Cl)c1C(O)CSc1ccccc1. The standard InChI is InChI=1S/C12H13ClN2OS/c1-15-12(10(13)7-14-15)11(16)8-17-9-5-3-2-4-6-9/h2-7,11,16H,8H2,1H3. The number of hydrogen-bond acceptors (Lipinski definition) is 3. The van der Waals surface area contributed by atoms with E-state index in [1.807, 2.05) is 30.3 Å². The highest BCUT2D eigenvalue weighted by atomic mass is 35.5. The Kier molecular flexibility index (Phi) is 4.10. The number of thioether (sulfide) groups is 1. The molecule has 0 aliphatic heterocycles. The molecular formula is C12H13ClN2OS. The van der Waals surface area contributed by atoms with Crippen molar-refractivity contribution in [1.82, 2.24) is 9.78 Å². The van der Waals surface area contributed by atoms with Crippen molar-refractivity contribution in [1.29, 1.82) is 0 Å². The summed E-state index contributed by atoms with van der Waals surface area (Å²) in [5.74, 6) is 0.559. The fourth-order valence-electron chi connectivity index (χ4n) is 1.57. The van der Waals surface area contributed by atoms with E-state index < -0.39 is 6.10 Å². The molecule has 0 spiro atoms. The average Bonchev–Trinajstić information content (AvgIpc) is 2.67. The molecule has 0 aliphatic carbocycles. The van der Waals surface area contributed by atoms with Crippen LogP contribution in [0.25, 0.3) is 0 Å². The molecule has 0 radical (unpaired) electrons. The first-order valence-corrected chi connectivity index (χ1v) is 6.58. The van der Waals surface area contributed by atoms with Crippen LogP contribution < -0.4 is 0 Å². The predicted molar refractivity (Wildman–Crippen MR) is 70.3 cm³/mol. The van der Waals surface area contributed by atoms with Gasteiger partial charge in [-0.05, 0) is 12.1 Å². The summed E-state index contributed by atoms with van der Waals surface area (Å²) in [6.45, 7) is 0. The van der Waals surface area contributed by atoms with Gasteiger partial charge in [-0.3, -0.25) is 4.68 Å². The zero-order valence-corrected chi connectivity index (χ0v) is 10.9. The summed E-state index contributed by atoms with van der Waals surface area (Å²) in [7, 11) is 1.78. The van der Waals surface area contributed by atoms with Gasteiger partial charge in [0.05, 0.1) is 16.9 Å². The molecule has 0 saturated heterocycles. The molecule has 2 aromatic rings. The van der Waals surface area contributed by atoms with Crippen LogP contribution >= 0.6 is 23.4 Å². The molecule has 5 heteroatoms. The summed E-state index contributed by atoms with van der Waals surface area (Å²) in [6, 6.07) is 9.96. The number of halogens is 1. The minimum absolute atomic E-state index is 0.508. The normalized spacial score (nSPS) is 12.6. The first-order valence-electron chi connectivity index (χ1n) is 5.22. The quantitative estimate of drug-likeness (QED) is 0.867. The van der Waals surface area contributed by atoms with Crippen molar-refractivity contribution in [2.24, 2.45) is 7.05 Å². The van der Waals surface area contributed by atoms with Gasteiger partial charge in [0.15, 0.2) is 0 Å². The second kappa shape index (κ2) is 5.58. The van der Waals surface area contributed by atoms with Crippen LogP contribution in [0.2, 0.25) is 5.02 Å². The maximum atomic E-state index is 10.1. The molecule has 17 heavy (non-hydrogen) atoms. The summed E-state index contributed by atoms with van der Waals surface area (Å²) in [5, 5.41) is 14.6. The van der Waals surface area contributed by atoms with Gasteiger partial charge in [0.2, 0.25) is 0 Å². The Hall–Kier alpha value is -0.970. The van der Waals surface area contributed by atoms with E-state index in [0.717, 1.165) is 4.90 Å². The van der Waals surface area contributed by atoms with Gasteiger partial charge in [-0.2, -0.15) is 5.10 Å². The third-order valence-corrected chi connectivity index (χ3v) is 3.78. The summed E-state index contributed by atoms with van der Waals surface area (Å²) in [5.41, 5.74) is 0.662. The molecule has 1 atom stereocenters. The highest BCUT2D eigenvalue weighted by Gasteiger charge is 2.16. The molecule has 1 aromatic heterocycles. The summed E-state index contributed by atoms with van der Waals surface area (Å²) >= 11 is 7.56. The Bertz CT molecular complexity index is 467. The van der Waals surface area contributed by atoms with Crippen LogP contribution in [0.5, 0.6) is 0 Å². The van der Waals surface area contributed by atoms with Crippen molar-refractivity contribution in [2.75, 3.05) is 5.75 Å². The zero-order valence-electron chi connectivity index (χ0n) is 9.38. The van der Waals surface area contributed by atoms with Crippen molar-refractivity contribution < 1.29 is 5.11 Å². The summed E-state index contributed by atoms with van der Waals surface area (Å²) in [4.78, 5) is 1.13. The smallest absolute Gasteiger partial charge is 0.106 e. The lowest BCUT2D eigenvalue weighted by Crippen LogP contribution is -2.07. The van der Waals surface area contributed by atoms with Crippen molar-refractivity contribution >= 4 is 23.4 Å². The fraction of sp³-hybridized carbons (Fsp3) is 0.250. The number of aliphatic hydroxyl groups is 1. The molecule has 1 aromatic carbocycles. The lowest BCUT2D eigenvalue weighted by atomic mass is 10.3. The number of aryl methyl sites for hydroxylation is 1. The van der Waals surface area contributed by atoms with Gasteiger partial charge in [0.1, 0.15) is 6.10 Å². The third-order valence-electron chi connectivity index (χ3n) is 2.40. The van der Waals surface area contributed by atoms with E-state index >= 15 is 0 Å². The van der Waals surface area contributed by atoms with E-state index in [9.17, 15) is 5.11 Å². The van der Waals surface area contributed by atoms with Gasteiger partial charge >= 0.3 is 0 Å². The molecule has 1 unspecified atom stereocenters. The first-order chi connectivity index (χ1) is 8.18. The molecule has 0 aliphatic rings. The molecule has 3 nitrogen and oxygen atoms in total. The monoisotopic (exact) mass is 268 g/mol. The van der Waals surface area contributed by atoms with Gasteiger partial charge in [-0.25, -0.2) is 0 Å². The maximum Gasteiger partial charge on any atom is 0.106 e. The van der Waals surface area contributed by atoms with E-state index in [1.54, 1.807) is 29.7 Å². The molecule has 0 bridgehead atoms. The lowest BCUT2D eigenvalue weighted by Gasteiger charge is -2.11. The maximum absolute atomic E-state index is 10.1. The van der Waals surface area contributed by atoms with Gasteiger partial charge in [0.25, 0.3) is 0 Å². The molecule has 90 valence electrons. The second-order valence-corrected chi connectivity index (χ2v) is 5.14. The molecule has 0 amide bonds. The largest absolute Gasteiger partial charge is 0.386 e. The highest BCUT2D eigenvalue weighted by molar-refractivity contribution is 7.99. The first kappa shape index (κ1) is 12.5. The van der Waals surface area contributed by atoms with Crippen molar-refractivity contribution in [3.8, 4) is 0 Å². The van der Waals surface area contributed by atoms with Crippen LogP contribution in [0, 0.1) is 0 Å². The number of hydrogen-bond donors (Lipinski definition) is 1. The molecule has 2 rings (SSSR count). The van der Waals surface area contributed by atoms with Crippen LogP contribution in [0.1, 0.15) is 11.8 Å². The van der Waals surface area contributed by atoms with Crippen LogP contribution in [-0.4, -0.2) is 20.6 Å². The van der Waals surface area contributed by atoms with E-state index in [2.05, 4.69) is 5.10 Å². The van der Waals surface area contributed by atoms with Crippen LogP contribution in [0.15, 0.2) is 41.4 Å². The van der Waals surface area contributed by atoms with Crippen LogP contribution in [0.3, 0.4) is 0 Å². The van der Waals surface area contributed by atoms with Crippen LogP contribution in [-0.2, 0) is 7.05 Å². The Morgan fingerprint density at radius 1 is 1.41 bits per heavy atom. The van der Waals surface area contributed by atoms with Gasteiger partial charge in [-0.15, -0.1) is 11.8 Å². The van der Waals surface area contributed by atoms with Gasteiger partial charge in [-0.1, -0.05) is 29.8 Å². The predicted octanol–water partition coefficient (Wildman–Crippen LogP) is 2.90. The second-order valence-electron chi connectivity index (χ2n) is 3.64. The van der Waals surface area contributed by atoms with Crippen molar-refractivity contribution in [2.45, 2.75) is 11.0 Å². The number of aromatic nitrogens is 2. The summed E-state index contributed by atoms with van der Waals surface area (Å²) in [6.07, 6.45) is 0.938. The Morgan fingerprint density at radius 2 is 2.12 bits per heavy atom. The fourth-order valence-corrected chi connectivity index (χ4v) is 2.72. The molecule has 0 saturated carbocycles. The van der Waals surface area contributed by atoms with Crippen LogP contribution in [0.4, 0.5) is 0 Å². The van der Waals surface area contributed by atoms with E-state index in [4.69, 9.17) is 11.6 Å². The average molecular weight is 269 g/mol. The molecular weight excluding hydrogens is 256 g/mol. The van der Waals surface area contributed by atoms with Crippen molar-refractivity contribution in [3.05, 3.63) is 47.2 Å². The van der Waals surface area contributed by atoms with Gasteiger partial charge in [0, 0.05) is 17.7 Å². The third kappa shape index (κ3) is 3.03.